The van der Waals surface area contributed by atoms with Crippen molar-refractivity contribution in [2.45, 2.75) is 31.5 Å². The minimum Gasteiger partial charge on any atom is -0.288 e. The number of nitrogens with zero attached hydrogens (tertiary/aromatic N) is 1. The smallest absolute Gasteiger partial charge is 0.288 e. The number of hydrazine groups is 1. The number of halogens is 4. The van der Waals surface area contributed by atoms with Crippen molar-refractivity contribution in [2.75, 3.05) is 6.54 Å². The molecule has 0 saturated carbocycles. The van der Waals surface area contributed by atoms with Gasteiger partial charge in [0, 0.05) is 17.4 Å². The van der Waals surface area contributed by atoms with Crippen LogP contribution in [0.4, 0.5) is 13.2 Å². The Bertz CT molecular complexity index is 475. The molecule has 1 amide bonds. The molecule has 2 rings (SSSR count). The third-order valence-electron chi connectivity index (χ3n) is 3.22. The van der Waals surface area contributed by atoms with Gasteiger partial charge in [-0.3, -0.25) is 10.2 Å². The van der Waals surface area contributed by atoms with Crippen molar-refractivity contribution in [1.29, 1.82) is 0 Å². The SMILES string of the molecule is O=C1CCN(C(CCc2ccc(Br)cc2)C(F)(F)F)N1. The van der Waals surface area contributed by atoms with Crippen molar-refractivity contribution >= 4 is 21.8 Å². The summed E-state index contributed by atoms with van der Waals surface area (Å²) in [6, 6.07) is 5.54. The molecule has 1 aliphatic heterocycles. The van der Waals surface area contributed by atoms with Gasteiger partial charge in [0.25, 0.3) is 0 Å². The standard InChI is InChI=1S/C13H14BrF3N2O/c14-10-4-1-9(2-5-10)3-6-11(13(15,16)17)19-8-7-12(20)18-19/h1-2,4-5,11H,3,6-8H2,(H,18,20). The second-order valence-corrected chi connectivity index (χ2v) is 5.62. The highest BCUT2D eigenvalue weighted by Crippen LogP contribution is 2.29. The lowest BCUT2D eigenvalue weighted by molar-refractivity contribution is -0.189. The first-order valence-corrected chi connectivity index (χ1v) is 7.03. The quantitative estimate of drug-likeness (QED) is 0.905. The largest absolute Gasteiger partial charge is 0.405 e. The Labute approximate surface area is 123 Å². The van der Waals surface area contributed by atoms with E-state index in [9.17, 15) is 18.0 Å². The Morgan fingerprint density at radius 3 is 2.45 bits per heavy atom. The van der Waals surface area contributed by atoms with Gasteiger partial charge in [-0.2, -0.15) is 13.2 Å². The van der Waals surface area contributed by atoms with Crippen molar-refractivity contribution in [3.05, 3.63) is 34.3 Å². The molecule has 1 fully saturated rings. The molecule has 0 spiro atoms. The number of rotatable bonds is 4. The topological polar surface area (TPSA) is 32.3 Å². The van der Waals surface area contributed by atoms with E-state index < -0.39 is 12.2 Å². The highest BCUT2D eigenvalue weighted by atomic mass is 79.9. The molecule has 0 aromatic heterocycles. The van der Waals surface area contributed by atoms with Gasteiger partial charge in [0.2, 0.25) is 5.91 Å². The van der Waals surface area contributed by atoms with E-state index >= 15 is 0 Å². The lowest BCUT2D eigenvalue weighted by Gasteiger charge is -2.28. The number of benzene rings is 1. The minimum atomic E-state index is -4.35. The fraction of sp³-hybridized carbons (Fsp3) is 0.462. The fourth-order valence-electron chi connectivity index (χ4n) is 2.18. The molecule has 1 saturated heterocycles. The van der Waals surface area contributed by atoms with Gasteiger partial charge in [-0.15, -0.1) is 0 Å². The summed E-state index contributed by atoms with van der Waals surface area (Å²) in [5.41, 5.74) is 3.11. The van der Waals surface area contributed by atoms with E-state index in [1.165, 1.54) is 0 Å². The average Bonchev–Trinajstić information content (AvgIpc) is 2.77. The van der Waals surface area contributed by atoms with E-state index in [0.29, 0.717) is 6.42 Å². The number of hydrogen-bond acceptors (Lipinski definition) is 2. The first-order valence-electron chi connectivity index (χ1n) is 6.23. The maximum absolute atomic E-state index is 13.1. The van der Waals surface area contributed by atoms with Gasteiger partial charge in [0.15, 0.2) is 0 Å². The predicted molar refractivity (Wildman–Crippen MR) is 71.8 cm³/mol. The van der Waals surface area contributed by atoms with Gasteiger partial charge in [-0.25, -0.2) is 5.01 Å². The Morgan fingerprint density at radius 1 is 1.30 bits per heavy atom. The molecule has 0 bridgehead atoms. The Kier molecular flexibility index (Phi) is 4.70. The molecular formula is C13H14BrF3N2O. The van der Waals surface area contributed by atoms with Gasteiger partial charge in [0.1, 0.15) is 6.04 Å². The van der Waals surface area contributed by atoms with Gasteiger partial charge < -0.3 is 0 Å². The number of carbonyl (C=O) groups excluding carboxylic acids is 1. The van der Waals surface area contributed by atoms with Gasteiger partial charge in [0.05, 0.1) is 0 Å². The van der Waals surface area contributed by atoms with Crippen molar-refractivity contribution in [1.82, 2.24) is 10.4 Å². The van der Waals surface area contributed by atoms with Crippen LogP contribution in [-0.2, 0) is 11.2 Å². The zero-order valence-corrected chi connectivity index (χ0v) is 12.2. The number of aryl methyl sites for hydroxylation is 1. The molecule has 1 N–H and O–H groups in total. The molecule has 0 radical (unpaired) electrons. The summed E-state index contributed by atoms with van der Waals surface area (Å²) in [4.78, 5) is 11.1. The zero-order chi connectivity index (χ0) is 14.8. The highest BCUT2D eigenvalue weighted by molar-refractivity contribution is 9.10. The molecule has 0 aliphatic carbocycles. The number of amides is 1. The molecule has 7 heteroatoms. The molecule has 1 unspecified atom stereocenters. The van der Waals surface area contributed by atoms with Crippen molar-refractivity contribution in [2.24, 2.45) is 0 Å². The van der Waals surface area contributed by atoms with Crippen molar-refractivity contribution < 1.29 is 18.0 Å². The highest BCUT2D eigenvalue weighted by Gasteiger charge is 2.45. The Hall–Kier alpha value is -1.08. The third kappa shape index (κ3) is 3.96. The van der Waals surface area contributed by atoms with E-state index in [4.69, 9.17) is 0 Å². The predicted octanol–water partition coefficient (Wildman–Crippen LogP) is 3.05. The van der Waals surface area contributed by atoms with Crippen LogP contribution in [-0.4, -0.2) is 29.7 Å². The lowest BCUT2D eigenvalue weighted by atomic mass is 10.0. The molecule has 1 atom stereocenters. The monoisotopic (exact) mass is 350 g/mol. The third-order valence-corrected chi connectivity index (χ3v) is 3.75. The van der Waals surface area contributed by atoms with Crippen LogP contribution in [0.25, 0.3) is 0 Å². The van der Waals surface area contributed by atoms with Gasteiger partial charge in [-0.05, 0) is 30.5 Å². The molecule has 1 aromatic rings. The molecule has 110 valence electrons. The van der Waals surface area contributed by atoms with E-state index in [1.807, 2.05) is 0 Å². The maximum atomic E-state index is 13.1. The van der Waals surface area contributed by atoms with Crippen LogP contribution in [0.3, 0.4) is 0 Å². The fourth-order valence-corrected chi connectivity index (χ4v) is 2.44. The summed E-state index contributed by atoms with van der Waals surface area (Å²) in [5, 5.41) is 1.00. The van der Waals surface area contributed by atoms with Crippen molar-refractivity contribution in [3.63, 3.8) is 0 Å². The van der Waals surface area contributed by atoms with E-state index in [2.05, 4.69) is 21.4 Å². The van der Waals surface area contributed by atoms with Crippen LogP contribution < -0.4 is 5.43 Å². The van der Waals surface area contributed by atoms with Crippen LogP contribution in [0.15, 0.2) is 28.7 Å². The first-order chi connectivity index (χ1) is 9.36. The van der Waals surface area contributed by atoms with Crippen LogP contribution >= 0.6 is 15.9 Å². The summed E-state index contributed by atoms with van der Waals surface area (Å²) in [6.07, 6.45) is -4.01. The van der Waals surface area contributed by atoms with E-state index in [-0.39, 0.29) is 25.3 Å². The van der Waals surface area contributed by atoms with Crippen LogP contribution in [0, 0.1) is 0 Å². The Balaban J connectivity index is 2.01. The van der Waals surface area contributed by atoms with Crippen LogP contribution in [0.2, 0.25) is 0 Å². The van der Waals surface area contributed by atoms with E-state index in [0.717, 1.165) is 15.0 Å². The summed E-state index contributed by atoms with van der Waals surface area (Å²) < 4.78 is 40.1. The van der Waals surface area contributed by atoms with E-state index in [1.54, 1.807) is 24.3 Å². The van der Waals surface area contributed by atoms with Gasteiger partial charge >= 0.3 is 6.18 Å². The summed E-state index contributed by atoms with van der Waals surface area (Å²) >= 11 is 3.28. The molecular weight excluding hydrogens is 337 g/mol. The molecule has 20 heavy (non-hydrogen) atoms. The average molecular weight is 351 g/mol. The number of hydrogen-bond donors (Lipinski definition) is 1. The second kappa shape index (κ2) is 6.13. The first kappa shape index (κ1) is 15.3. The summed E-state index contributed by atoms with van der Waals surface area (Å²) in [5.74, 6) is -0.358. The molecule has 1 heterocycles. The number of alkyl halides is 3. The number of nitrogens with one attached hydrogen (secondary N) is 1. The van der Waals surface area contributed by atoms with Crippen LogP contribution in [0.5, 0.6) is 0 Å². The molecule has 1 aliphatic rings. The van der Waals surface area contributed by atoms with Gasteiger partial charge in [-0.1, -0.05) is 28.1 Å². The molecule has 3 nitrogen and oxygen atoms in total. The van der Waals surface area contributed by atoms with Crippen molar-refractivity contribution in [3.8, 4) is 0 Å². The summed E-state index contributed by atoms with van der Waals surface area (Å²) in [6.45, 7) is 0.101. The Morgan fingerprint density at radius 2 is 1.95 bits per heavy atom. The van der Waals surface area contributed by atoms with Crippen LogP contribution in [0.1, 0.15) is 18.4 Å². The lowest BCUT2D eigenvalue weighted by Crippen LogP contribution is -2.50. The molecule has 1 aromatic carbocycles. The second-order valence-electron chi connectivity index (χ2n) is 4.70. The normalized spacial score (nSPS) is 18.1. The maximum Gasteiger partial charge on any atom is 0.405 e. The number of carbonyl (C=O) groups is 1. The minimum absolute atomic E-state index is 0.0780. The summed E-state index contributed by atoms with van der Waals surface area (Å²) in [7, 11) is 0. The zero-order valence-electron chi connectivity index (χ0n) is 10.6.